The van der Waals surface area contributed by atoms with E-state index in [4.69, 9.17) is 10.2 Å². The van der Waals surface area contributed by atoms with Gasteiger partial charge < -0.3 is 15.5 Å². The Kier molecular flexibility index (Phi) is 4.98. The third kappa shape index (κ3) is 3.72. The first-order valence-corrected chi connectivity index (χ1v) is 7.85. The fourth-order valence-electron chi connectivity index (χ4n) is 2.38. The third-order valence-electron chi connectivity index (χ3n) is 3.70. The molecule has 0 saturated heterocycles. The van der Waals surface area contributed by atoms with Gasteiger partial charge in [-0.15, -0.1) is 0 Å². The van der Waals surface area contributed by atoms with Crippen LogP contribution in [0.2, 0.25) is 0 Å². The summed E-state index contributed by atoms with van der Waals surface area (Å²) in [6.07, 6.45) is 0.757. The predicted octanol–water partition coefficient (Wildman–Crippen LogP) is 3.64. The first-order chi connectivity index (χ1) is 10.3. The lowest BCUT2D eigenvalue weighted by atomic mass is 9.90. The van der Waals surface area contributed by atoms with Gasteiger partial charge >= 0.3 is 0 Å². The quantitative estimate of drug-likeness (QED) is 0.737. The van der Waals surface area contributed by atoms with Gasteiger partial charge in [0.2, 0.25) is 0 Å². The molecule has 0 aliphatic rings. The van der Waals surface area contributed by atoms with Crippen LogP contribution in [0.25, 0.3) is 0 Å². The second kappa shape index (κ2) is 6.58. The van der Waals surface area contributed by atoms with E-state index < -0.39 is 5.54 Å². The van der Waals surface area contributed by atoms with Crippen LogP contribution in [0.5, 0.6) is 0 Å². The number of thiol groups is 1. The number of hydrogen-bond donors (Lipinski definition) is 3. The van der Waals surface area contributed by atoms with Gasteiger partial charge in [-0.1, -0.05) is 12.1 Å². The molecule has 2 rings (SSSR count). The second-order valence-corrected chi connectivity index (χ2v) is 6.20. The average molecular weight is 318 g/mol. The summed E-state index contributed by atoms with van der Waals surface area (Å²) in [6, 6.07) is 9.35. The maximum atomic E-state index is 12.3. The highest BCUT2D eigenvalue weighted by atomic mass is 32.1. The molecule has 0 spiro atoms. The van der Waals surface area contributed by atoms with E-state index in [1.165, 1.54) is 0 Å². The molecule has 3 N–H and O–H groups in total. The van der Waals surface area contributed by atoms with Crippen molar-refractivity contribution < 1.29 is 9.21 Å². The summed E-state index contributed by atoms with van der Waals surface area (Å²) < 4.78 is 5.39. The zero-order valence-corrected chi connectivity index (χ0v) is 14.0. The molecule has 0 aliphatic heterocycles. The molecule has 2 aromatic rings. The number of carbonyl (C=O) groups is 1. The van der Waals surface area contributed by atoms with Crippen LogP contribution in [-0.4, -0.2) is 11.7 Å². The van der Waals surface area contributed by atoms with Gasteiger partial charge in [0.05, 0.1) is 5.56 Å². The molecule has 1 heterocycles. The molecular weight excluding hydrogens is 296 g/mol. The highest BCUT2D eigenvalue weighted by molar-refractivity contribution is 7.80. The second-order valence-electron chi connectivity index (χ2n) is 5.75. The minimum absolute atomic E-state index is 0.181. The van der Waals surface area contributed by atoms with Gasteiger partial charge in [0.25, 0.3) is 5.91 Å². The van der Waals surface area contributed by atoms with Crippen LogP contribution in [0.15, 0.2) is 34.7 Å². The maximum Gasteiger partial charge on any atom is 0.259 e. The molecule has 0 unspecified atom stereocenters. The van der Waals surface area contributed by atoms with E-state index in [2.05, 4.69) is 17.9 Å². The maximum absolute atomic E-state index is 12.3. The Morgan fingerprint density at radius 3 is 2.68 bits per heavy atom. The number of benzene rings is 1. The van der Waals surface area contributed by atoms with Crippen molar-refractivity contribution >= 4 is 24.2 Å². The number of rotatable bonds is 5. The standard InChI is InChI=1S/C17H22N2O2S/c1-11-9-15(12(2)21-11)16(20)19-14-6-4-5-13(10-14)17(3,18)7-8-22/h4-6,9-10,22H,7-8,18H2,1-3H3,(H,19,20)/t17-/m0/s1. The van der Waals surface area contributed by atoms with Crippen molar-refractivity contribution in [2.75, 3.05) is 11.1 Å². The highest BCUT2D eigenvalue weighted by Crippen LogP contribution is 2.25. The molecule has 0 aliphatic carbocycles. The summed E-state index contributed by atoms with van der Waals surface area (Å²) in [7, 11) is 0. The topological polar surface area (TPSA) is 68.3 Å². The van der Waals surface area contributed by atoms with E-state index >= 15 is 0 Å². The van der Waals surface area contributed by atoms with Crippen LogP contribution in [0.4, 0.5) is 5.69 Å². The van der Waals surface area contributed by atoms with Crippen molar-refractivity contribution in [1.29, 1.82) is 0 Å². The number of hydrogen-bond acceptors (Lipinski definition) is 4. The van der Waals surface area contributed by atoms with Gasteiger partial charge in [0, 0.05) is 11.2 Å². The summed E-state index contributed by atoms with van der Waals surface area (Å²) in [6.45, 7) is 5.57. The van der Waals surface area contributed by atoms with Crippen molar-refractivity contribution in [2.45, 2.75) is 32.7 Å². The third-order valence-corrected chi connectivity index (χ3v) is 3.92. The first-order valence-electron chi connectivity index (χ1n) is 7.22. The lowest BCUT2D eigenvalue weighted by Crippen LogP contribution is -2.33. The Labute approximate surface area is 136 Å². The molecule has 1 aromatic carbocycles. The Bertz CT molecular complexity index is 677. The summed E-state index contributed by atoms with van der Waals surface area (Å²) in [4.78, 5) is 12.3. The van der Waals surface area contributed by atoms with Gasteiger partial charge in [-0.2, -0.15) is 12.6 Å². The molecule has 1 amide bonds. The molecular formula is C17H22N2O2S. The van der Waals surface area contributed by atoms with Gasteiger partial charge in [-0.3, -0.25) is 4.79 Å². The number of nitrogens with two attached hydrogens (primary N) is 1. The Hall–Kier alpha value is -1.72. The Morgan fingerprint density at radius 2 is 2.09 bits per heavy atom. The Balaban J connectivity index is 2.20. The zero-order chi connectivity index (χ0) is 16.3. The fraction of sp³-hybridized carbons (Fsp3) is 0.353. The number of amides is 1. The zero-order valence-electron chi connectivity index (χ0n) is 13.1. The van der Waals surface area contributed by atoms with Crippen molar-refractivity contribution in [3.8, 4) is 0 Å². The Morgan fingerprint density at radius 1 is 1.36 bits per heavy atom. The van der Waals surface area contributed by atoms with Crippen molar-refractivity contribution in [1.82, 2.24) is 0 Å². The van der Waals surface area contributed by atoms with Crippen LogP contribution >= 0.6 is 12.6 Å². The smallest absolute Gasteiger partial charge is 0.259 e. The minimum Gasteiger partial charge on any atom is -0.466 e. The number of anilines is 1. The molecule has 1 atom stereocenters. The lowest BCUT2D eigenvalue weighted by Gasteiger charge is -2.25. The van der Waals surface area contributed by atoms with E-state index in [9.17, 15) is 4.79 Å². The molecule has 118 valence electrons. The number of aryl methyl sites for hydroxylation is 2. The number of nitrogens with one attached hydrogen (secondary N) is 1. The van der Waals surface area contributed by atoms with Crippen LogP contribution < -0.4 is 11.1 Å². The van der Waals surface area contributed by atoms with E-state index in [-0.39, 0.29) is 5.91 Å². The van der Waals surface area contributed by atoms with Crippen LogP contribution in [0.1, 0.15) is 40.8 Å². The highest BCUT2D eigenvalue weighted by Gasteiger charge is 2.21. The normalized spacial score (nSPS) is 13.7. The number of furan rings is 1. The molecule has 4 nitrogen and oxygen atoms in total. The van der Waals surface area contributed by atoms with Crippen LogP contribution in [0.3, 0.4) is 0 Å². The summed E-state index contributed by atoms with van der Waals surface area (Å²) in [5.74, 6) is 1.86. The van der Waals surface area contributed by atoms with Crippen molar-refractivity contribution in [3.63, 3.8) is 0 Å². The number of carbonyl (C=O) groups excluding carboxylic acids is 1. The van der Waals surface area contributed by atoms with E-state index in [1.54, 1.807) is 13.0 Å². The minimum atomic E-state index is -0.468. The monoisotopic (exact) mass is 318 g/mol. The average Bonchev–Trinajstić information content (AvgIpc) is 2.78. The van der Waals surface area contributed by atoms with Gasteiger partial charge in [-0.25, -0.2) is 0 Å². The molecule has 22 heavy (non-hydrogen) atoms. The fourth-order valence-corrected chi connectivity index (χ4v) is 2.85. The SMILES string of the molecule is Cc1cc(C(=O)Nc2cccc([C@@](C)(N)CCS)c2)c(C)o1. The molecule has 0 radical (unpaired) electrons. The van der Waals surface area contributed by atoms with E-state index in [0.29, 0.717) is 17.1 Å². The van der Waals surface area contributed by atoms with Crippen molar-refractivity contribution in [3.05, 3.63) is 53.0 Å². The summed E-state index contributed by atoms with van der Waals surface area (Å²) in [5.41, 5.74) is 8.08. The van der Waals surface area contributed by atoms with E-state index in [0.717, 1.165) is 23.4 Å². The first kappa shape index (κ1) is 16.6. The van der Waals surface area contributed by atoms with E-state index in [1.807, 2.05) is 38.1 Å². The van der Waals surface area contributed by atoms with Gasteiger partial charge in [0.15, 0.2) is 0 Å². The van der Waals surface area contributed by atoms with Gasteiger partial charge in [-0.05, 0) is 56.7 Å². The van der Waals surface area contributed by atoms with Crippen molar-refractivity contribution in [2.24, 2.45) is 5.73 Å². The molecule has 0 bridgehead atoms. The molecule has 1 aromatic heterocycles. The predicted molar refractivity (Wildman–Crippen MR) is 92.6 cm³/mol. The molecule has 0 saturated carbocycles. The molecule has 0 fully saturated rings. The summed E-state index contributed by atoms with van der Waals surface area (Å²) >= 11 is 4.25. The van der Waals surface area contributed by atoms with Crippen LogP contribution in [-0.2, 0) is 5.54 Å². The lowest BCUT2D eigenvalue weighted by molar-refractivity contribution is 0.102. The summed E-state index contributed by atoms with van der Waals surface area (Å²) in [5, 5.41) is 2.89. The van der Waals surface area contributed by atoms with Crippen LogP contribution in [0, 0.1) is 13.8 Å². The molecule has 5 heteroatoms. The van der Waals surface area contributed by atoms with Gasteiger partial charge in [0.1, 0.15) is 11.5 Å². The largest absolute Gasteiger partial charge is 0.466 e.